The van der Waals surface area contributed by atoms with Crippen LogP contribution in [0.5, 0.6) is 0 Å². The summed E-state index contributed by atoms with van der Waals surface area (Å²) >= 11 is 0. The second-order valence-corrected chi connectivity index (χ2v) is 3.64. The number of carbonyl (C=O) groups is 2. The van der Waals surface area contributed by atoms with Crippen molar-refractivity contribution in [2.24, 2.45) is 0 Å². The molecule has 0 aromatic carbocycles. The van der Waals surface area contributed by atoms with Gasteiger partial charge < -0.3 is 21.7 Å². The predicted molar refractivity (Wildman–Crippen MR) is 47.7 cm³/mol. The highest BCUT2D eigenvalue weighted by Crippen LogP contribution is 2.07. The van der Waals surface area contributed by atoms with Gasteiger partial charge in [-0.3, -0.25) is 4.79 Å². The van der Waals surface area contributed by atoms with Gasteiger partial charge in [0.2, 0.25) is 5.78 Å². The second-order valence-electron chi connectivity index (χ2n) is 3.64. The van der Waals surface area contributed by atoms with Crippen LogP contribution in [0.25, 0.3) is 0 Å². The Morgan fingerprint density at radius 3 is 2.15 bits per heavy atom. The van der Waals surface area contributed by atoms with Gasteiger partial charge in [0.25, 0.3) is 0 Å². The average molecular weight is 206 g/mol. The maximum Gasteiger partial charge on any atom is 0.212 e. The number of quaternary nitrogens is 1. The minimum Gasteiger partial charge on any atom is -1.00 e. The van der Waals surface area contributed by atoms with Gasteiger partial charge in [-0.05, 0) is 6.08 Å². The van der Waals surface area contributed by atoms with Gasteiger partial charge in [0.15, 0.2) is 6.04 Å². The van der Waals surface area contributed by atoms with E-state index in [1.807, 2.05) is 21.1 Å². The Kier molecular flexibility index (Phi) is 6.72. The van der Waals surface area contributed by atoms with Gasteiger partial charge in [-0.2, -0.15) is 0 Å². The zero-order valence-corrected chi connectivity index (χ0v) is 9.04. The molecule has 0 bridgehead atoms. The molecule has 0 heterocycles. The van der Waals surface area contributed by atoms with E-state index in [1.54, 1.807) is 0 Å². The van der Waals surface area contributed by atoms with E-state index < -0.39 is 0 Å². The molecule has 0 aliphatic heterocycles. The first-order valence-electron chi connectivity index (χ1n) is 3.84. The topological polar surface area (TPSA) is 34.1 Å². The molecule has 13 heavy (non-hydrogen) atoms. The molecular weight excluding hydrogens is 190 g/mol. The van der Waals surface area contributed by atoms with Crippen molar-refractivity contribution in [3.63, 3.8) is 0 Å². The molecule has 0 saturated carbocycles. The molecule has 0 saturated heterocycles. The van der Waals surface area contributed by atoms with Crippen LogP contribution >= 0.6 is 0 Å². The molecular formula is C9H16ClNO2. The third kappa shape index (κ3) is 4.80. The summed E-state index contributed by atoms with van der Waals surface area (Å²) in [6.07, 6.45) is 2.31. The Morgan fingerprint density at radius 1 is 1.46 bits per heavy atom. The lowest BCUT2D eigenvalue weighted by Gasteiger charge is -2.31. The Labute approximate surface area is 85.4 Å². The van der Waals surface area contributed by atoms with Crippen LogP contribution in [-0.4, -0.2) is 43.7 Å². The van der Waals surface area contributed by atoms with Crippen LogP contribution in [0.1, 0.15) is 6.42 Å². The van der Waals surface area contributed by atoms with Gasteiger partial charge in [-0.1, -0.05) is 6.58 Å². The van der Waals surface area contributed by atoms with E-state index >= 15 is 0 Å². The summed E-state index contributed by atoms with van der Waals surface area (Å²) in [4.78, 5) is 21.5. The molecule has 0 aliphatic carbocycles. The fourth-order valence-corrected chi connectivity index (χ4v) is 1.04. The number of rotatable bonds is 5. The van der Waals surface area contributed by atoms with E-state index in [0.717, 1.165) is 6.29 Å². The van der Waals surface area contributed by atoms with Crippen LogP contribution in [-0.2, 0) is 9.59 Å². The molecule has 3 nitrogen and oxygen atoms in total. The first-order valence-corrected chi connectivity index (χ1v) is 3.84. The summed E-state index contributed by atoms with van der Waals surface area (Å²) in [6.45, 7) is 3.40. The molecule has 1 atom stereocenters. The van der Waals surface area contributed by atoms with Crippen LogP contribution in [0.2, 0.25) is 0 Å². The van der Waals surface area contributed by atoms with E-state index in [0.29, 0.717) is 4.48 Å². The molecule has 0 aromatic rings. The van der Waals surface area contributed by atoms with Gasteiger partial charge >= 0.3 is 0 Å². The quantitative estimate of drug-likeness (QED) is 0.281. The number of nitrogens with zero attached hydrogens (tertiary/aromatic N) is 1. The van der Waals surface area contributed by atoms with E-state index in [4.69, 9.17) is 0 Å². The summed E-state index contributed by atoms with van der Waals surface area (Å²) < 4.78 is 0.462. The highest BCUT2D eigenvalue weighted by atomic mass is 35.5. The van der Waals surface area contributed by atoms with Crippen molar-refractivity contribution in [2.75, 3.05) is 21.1 Å². The number of halogens is 1. The van der Waals surface area contributed by atoms with Crippen molar-refractivity contribution in [2.45, 2.75) is 12.5 Å². The number of carbonyl (C=O) groups excluding carboxylic acids is 2. The zero-order valence-electron chi connectivity index (χ0n) is 8.29. The molecule has 0 amide bonds. The maximum atomic E-state index is 11.3. The molecule has 0 radical (unpaired) electrons. The SMILES string of the molecule is C=CC(=O)C(CC=O)[N+](C)(C)C.[Cl-]. The summed E-state index contributed by atoms with van der Waals surface area (Å²) in [5.74, 6) is -0.0744. The van der Waals surface area contributed by atoms with Crippen LogP contribution in [0, 0.1) is 0 Å². The largest absolute Gasteiger partial charge is 1.00 e. The van der Waals surface area contributed by atoms with Gasteiger partial charge in [0, 0.05) is 0 Å². The van der Waals surface area contributed by atoms with Crippen LogP contribution in [0.15, 0.2) is 12.7 Å². The van der Waals surface area contributed by atoms with E-state index in [9.17, 15) is 9.59 Å². The first kappa shape index (κ1) is 14.8. The molecule has 76 valence electrons. The van der Waals surface area contributed by atoms with E-state index in [-0.39, 0.29) is 30.7 Å². The van der Waals surface area contributed by atoms with Crippen molar-refractivity contribution in [1.29, 1.82) is 0 Å². The van der Waals surface area contributed by atoms with Crippen molar-refractivity contribution in [3.05, 3.63) is 12.7 Å². The molecule has 0 aliphatic rings. The van der Waals surface area contributed by atoms with Crippen molar-refractivity contribution >= 4 is 12.1 Å². The summed E-state index contributed by atoms with van der Waals surface area (Å²) in [6, 6.07) is -0.292. The zero-order chi connectivity index (χ0) is 9.78. The molecule has 0 spiro atoms. The highest BCUT2D eigenvalue weighted by molar-refractivity contribution is 5.94. The fraction of sp³-hybridized carbons (Fsp3) is 0.556. The summed E-state index contributed by atoms with van der Waals surface area (Å²) in [5.41, 5.74) is 0. The van der Waals surface area contributed by atoms with Crippen molar-refractivity contribution < 1.29 is 26.5 Å². The predicted octanol–water partition coefficient (Wildman–Crippen LogP) is -2.59. The number of likely N-dealkylation sites (N-methyl/N-ethyl adjacent to an activating group) is 1. The lowest BCUT2D eigenvalue weighted by atomic mass is 10.1. The standard InChI is InChI=1S/C9H16NO2.ClH/c1-5-9(12)8(6-7-11)10(2,3)4;/h5,7-8H,1,6H2,2-4H3;1H/q+1;/p-1. The van der Waals surface area contributed by atoms with E-state index in [2.05, 4.69) is 6.58 Å². The lowest BCUT2D eigenvalue weighted by Crippen LogP contribution is -3.00. The highest BCUT2D eigenvalue weighted by Gasteiger charge is 2.28. The van der Waals surface area contributed by atoms with Crippen LogP contribution in [0.3, 0.4) is 0 Å². The maximum absolute atomic E-state index is 11.3. The fourth-order valence-electron chi connectivity index (χ4n) is 1.04. The normalized spacial score (nSPS) is 12.5. The Morgan fingerprint density at radius 2 is 1.92 bits per heavy atom. The third-order valence-corrected chi connectivity index (χ3v) is 1.78. The molecule has 0 N–H and O–H groups in total. The van der Waals surface area contributed by atoms with Gasteiger partial charge in [0.1, 0.15) is 6.29 Å². The van der Waals surface area contributed by atoms with Crippen LogP contribution in [0.4, 0.5) is 0 Å². The molecule has 1 unspecified atom stereocenters. The van der Waals surface area contributed by atoms with Crippen molar-refractivity contribution in [3.8, 4) is 0 Å². The number of hydrogen-bond acceptors (Lipinski definition) is 2. The molecule has 4 heteroatoms. The molecule has 0 aromatic heterocycles. The van der Waals surface area contributed by atoms with Gasteiger partial charge in [-0.15, -0.1) is 0 Å². The lowest BCUT2D eigenvalue weighted by molar-refractivity contribution is -0.885. The van der Waals surface area contributed by atoms with Gasteiger partial charge in [0.05, 0.1) is 27.6 Å². The van der Waals surface area contributed by atoms with Crippen LogP contribution < -0.4 is 12.4 Å². The summed E-state index contributed by atoms with van der Waals surface area (Å²) in [5, 5.41) is 0. The van der Waals surface area contributed by atoms with E-state index in [1.165, 1.54) is 6.08 Å². The number of aldehydes is 1. The van der Waals surface area contributed by atoms with Gasteiger partial charge in [-0.25, -0.2) is 0 Å². The second kappa shape index (κ2) is 5.89. The average Bonchev–Trinajstić information content (AvgIpc) is 1.96. The third-order valence-electron chi connectivity index (χ3n) is 1.78. The molecule has 0 fully saturated rings. The Hall–Kier alpha value is -0.670. The Balaban J connectivity index is 0. The smallest absolute Gasteiger partial charge is 0.212 e. The number of hydrogen-bond donors (Lipinski definition) is 0. The molecule has 0 rings (SSSR count). The van der Waals surface area contributed by atoms with Crippen molar-refractivity contribution in [1.82, 2.24) is 0 Å². The number of ketones is 1. The minimum atomic E-state index is -0.292. The first-order chi connectivity index (χ1) is 5.43. The minimum absolute atomic E-state index is 0. The monoisotopic (exact) mass is 205 g/mol. The Bertz CT molecular complexity index is 196. The summed E-state index contributed by atoms with van der Waals surface area (Å²) in [7, 11) is 5.65.